The Bertz CT molecular complexity index is 537. The zero-order chi connectivity index (χ0) is 15.3. The van der Waals surface area contributed by atoms with E-state index in [9.17, 15) is 18.3 Å². The van der Waals surface area contributed by atoms with Gasteiger partial charge in [-0.2, -0.15) is 8.42 Å². The van der Waals surface area contributed by atoms with E-state index < -0.39 is 34.7 Å². The van der Waals surface area contributed by atoms with E-state index in [0.717, 1.165) is 0 Å². The van der Waals surface area contributed by atoms with Gasteiger partial charge in [0.25, 0.3) is 10.1 Å². The Morgan fingerprint density at radius 3 is 2.25 bits per heavy atom. The Balaban J connectivity index is 2.74. The van der Waals surface area contributed by atoms with Crippen LogP contribution in [0.25, 0.3) is 0 Å². The van der Waals surface area contributed by atoms with Crippen LogP contribution in [0.15, 0.2) is 35.2 Å². The number of aliphatic hydroxyl groups is 1. The summed E-state index contributed by atoms with van der Waals surface area (Å²) in [5.74, 6) is -2.61. The Labute approximate surface area is 118 Å². The molecule has 7 heteroatoms. The molecule has 0 saturated heterocycles. The lowest BCUT2D eigenvalue weighted by molar-refractivity contribution is -0.148. The molecule has 0 bridgehead atoms. The van der Waals surface area contributed by atoms with Crippen LogP contribution in [0.4, 0.5) is 0 Å². The van der Waals surface area contributed by atoms with Gasteiger partial charge < -0.3 is 10.2 Å². The van der Waals surface area contributed by atoms with Gasteiger partial charge in [0.1, 0.15) is 0 Å². The number of rotatable bonds is 7. The van der Waals surface area contributed by atoms with Crippen molar-refractivity contribution in [2.75, 3.05) is 6.61 Å². The molecule has 0 aliphatic rings. The van der Waals surface area contributed by atoms with Crippen LogP contribution in [0.5, 0.6) is 0 Å². The Kier molecular flexibility index (Phi) is 5.67. The smallest absolute Gasteiger partial charge is 0.309 e. The van der Waals surface area contributed by atoms with Crippen LogP contribution in [0.1, 0.15) is 13.8 Å². The molecule has 1 rings (SSSR count). The summed E-state index contributed by atoms with van der Waals surface area (Å²) in [6.07, 6.45) is -1.40. The molecule has 0 radical (unpaired) electrons. The molecule has 0 heterocycles. The van der Waals surface area contributed by atoms with E-state index >= 15 is 0 Å². The molecule has 0 fully saturated rings. The van der Waals surface area contributed by atoms with Crippen molar-refractivity contribution in [3.8, 4) is 0 Å². The van der Waals surface area contributed by atoms with Crippen LogP contribution in [0.2, 0.25) is 0 Å². The highest BCUT2D eigenvalue weighted by atomic mass is 32.2. The number of hydrogen-bond acceptors (Lipinski definition) is 5. The molecule has 2 N–H and O–H groups in total. The molecule has 0 saturated carbocycles. The van der Waals surface area contributed by atoms with Crippen LogP contribution < -0.4 is 0 Å². The summed E-state index contributed by atoms with van der Waals surface area (Å²) < 4.78 is 28.4. The van der Waals surface area contributed by atoms with Gasteiger partial charge in [-0.05, 0) is 18.1 Å². The highest BCUT2D eigenvalue weighted by molar-refractivity contribution is 7.86. The molecule has 6 nitrogen and oxygen atoms in total. The third kappa shape index (κ3) is 4.29. The Morgan fingerprint density at radius 1 is 1.25 bits per heavy atom. The SMILES string of the molecule is CC(C)C(C(=O)O)C(O)COS(=O)(=O)c1ccccc1. The van der Waals surface area contributed by atoms with Crippen molar-refractivity contribution >= 4 is 16.1 Å². The molecule has 2 unspecified atom stereocenters. The fourth-order valence-corrected chi connectivity index (χ4v) is 2.76. The summed E-state index contributed by atoms with van der Waals surface area (Å²) in [6, 6.07) is 7.46. The highest BCUT2D eigenvalue weighted by Crippen LogP contribution is 2.18. The fraction of sp³-hybridized carbons (Fsp3) is 0.462. The monoisotopic (exact) mass is 302 g/mol. The number of carbonyl (C=O) groups is 1. The number of hydrogen-bond donors (Lipinski definition) is 2. The number of benzene rings is 1. The summed E-state index contributed by atoms with van der Waals surface area (Å²) in [5, 5.41) is 18.8. The van der Waals surface area contributed by atoms with Gasteiger partial charge >= 0.3 is 5.97 Å². The first-order chi connectivity index (χ1) is 9.25. The number of aliphatic hydroxyl groups excluding tert-OH is 1. The van der Waals surface area contributed by atoms with Gasteiger partial charge in [0.2, 0.25) is 0 Å². The van der Waals surface area contributed by atoms with Crippen molar-refractivity contribution in [1.82, 2.24) is 0 Å². The van der Waals surface area contributed by atoms with E-state index in [1.807, 2.05) is 0 Å². The van der Waals surface area contributed by atoms with E-state index in [-0.39, 0.29) is 10.8 Å². The zero-order valence-electron chi connectivity index (χ0n) is 11.3. The molecule has 0 spiro atoms. The number of carboxylic acids is 1. The van der Waals surface area contributed by atoms with Gasteiger partial charge in [-0.25, -0.2) is 0 Å². The quantitative estimate of drug-likeness (QED) is 0.732. The molecular formula is C13H18O6S. The van der Waals surface area contributed by atoms with Crippen molar-refractivity contribution < 1.29 is 27.6 Å². The minimum Gasteiger partial charge on any atom is -0.481 e. The fourth-order valence-electron chi connectivity index (χ4n) is 1.81. The molecule has 1 aromatic carbocycles. The van der Waals surface area contributed by atoms with Crippen LogP contribution in [0, 0.1) is 11.8 Å². The summed E-state index contributed by atoms with van der Waals surface area (Å²) >= 11 is 0. The maximum Gasteiger partial charge on any atom is 0.309 e. The lowest BCUT2D eigenvalue weighted by atomic mass is 9.91. The largest absolute Gasteiger partial charge is 0.481 e. The third-order valence-electron chi connectivity index (χ3n) is 2.84. The van der Waals surface area contributed by atoms with Gasteiger partial charge in [-0.15, -0.1) is 0 Å². The first-order valence-electron chi connectivity index (χ1n) is 6.11. The van der Waals surface area contributed by atoms with Crippen molar-refractivity contribution in [3.63, 3.8) is 0 Å². The molecule has 0 aliphatic heterocycles. The Hall–Kier alpha value is -1.44. The second kappa shape index (κ2) is 6.83. The molecule has 1 aromatic rings. The average Bonchev–Trinajstić information content (AvgIpc) is 2.37. The normalized spacial score (nSPS) is 15.0. The predicted molar refractivity (Wildman–Crippen MR) is 71.6 cm³/mol. The molecule has 0 aliphatic carbocycles. The third-order valence-corrected chi connectivity index (χ3v) is 4.14. The second-order valence-electron chi connectivity index (χ2n) is 4.73. The van der Waals surface area contributed by atoms with Gasteiger partial charge in [0.05, 0.1) is 23.5 Å². The van der Waals surface area contributed by atoms with Crippen molar-refractivity contribution in [2.24, 2.45) is 11.8 Å². The predicted octanol–water partition coefficient (Wildman–Crippen LogP) is 1.11. The minimum absolute atomic E-state index is 0.0383. The maximum absolute atomic E-state index is 11.8. The molecular weight excluding hydrogens is 284 g/mol. The van der Waals surface area contributed by atoms with Crippen LogP contribution in [-0.2, 0) is 19.1 Å². The number of aliphatic carboxylic acids is 1. The van der Waals surface area contributed by atoms with Crippen LogP contribution in [0.3, 0.4) is 0 Å². The van der Waals surface area contributed by atoms with Gasteiger partial charge in [-0.3, -0.25) is 8.98 Å². The van der Waals surface area contributed by atoms with E-state index in [1.165, 1.54) is 12.1 Å². The molecule has 2 atom stereocenters. The zero-order valence-corrected chi connectivity index (χ0v) is 12.1. The van der Waals surface area contributed by atoms with Crippen LogP contribution >= 0.6 is 0 Å². The van der Waals surface area contributed by atoms with Crippen molar-refractivity contribution in [1.29, 1.82) is 0 Å². The topological polar surface area (TPSA) is 101 Å². The van der Waals surface area contributed by atoms with E-state index in [2.05, 4.69) is 0 Å². The molecule has 0 aromatic heterocycles. The lowest BCUT2D eigenvalue weighted by Gasteiger charge is -2.21. The summed E-state index contributed by atoms with van der Waals surface area (Å²) in [6.45, 7) is 2.67. The van der Waals surface area contributed by atoms with E-state index in [4.69, 9.17) is 9.29 Å². The Morgan fingerprint density at radius 2 is 1.80 bits per heavy atom. The van der Waals surface area contributed by atoms with E-state index in [0.29, 0.717) is 0 Å². The number of carboxylic acid groups (broad SMARTS) is 1. The second-order valence-corrected chi connectivity index (χ2v) is 6.34. The standard InChI is InChI=1S/C13H18O6S/c1-9(2)12(13(15)16)11(14)8-19-20(17,18)10-6-4-3-5-7-10/h3-7,9,11-12,14H,8H2,1-2H3,(H,15,16). The summed E-state index contributed by atoms with van der Waals surface area (Å²) in [4.78, 5) is 11.0. The van der Waals surface area contributed by atoms with Crippen molar-refractivity contribution in [2.45, 2.75) is 24.8 Å². The minimum atomic E-state index is -3.99. The molecule has 112 valence electrons. The van der Waals surface area contributed by atoms with Gasteiger partial charge in [0.15, 0.2) is 0 Å². The first kappa shape index (κ1) is 16.6. The highest BCUT2D eigenvalue weighted by Gasteiger charge is 2.31. The lowest BCUT2D eigenvalue weighted by Crippen LogP contribution is -2.36. The van der Waals surface area contributed by atoms with E-state index in [1.54, 1.807) is 32.0 Å². The van der Waals surface area contributed by atoms with Gasteiger partial charge in [-0.1, -0.05) is 32.0 Å². The molecule has 20 heavy (non-hydrogen) atoms. The maximum atomic E-state index is 11.8. The summed E-state index contributed by atoms with van der Waals surface area (Å²) in [5.41, 5.74) is 0. The summed E-state index contributed by atoms with van der Waals surface area (Å²) in [7, 11) is -3.99. The van der Waals surface area contributed by atoms with Gasteiger partial charge in [0, 0.05) is 0 Å². The van der Waals surface area contributed by atoms with Crippen molar-refractivity contribution in [3.05, 3.63) is 30.3 Å². The molecule has 0 amide bonds. The first-order valence-corrected chi connectivity index (χ1v) is 7.52. The van der Waals surface area contributed by atoms with Crippen LogP contribution in [-0.4, -0.2) is 37.3 Å². The average molecular weight is 302 g/mol.